The fourth-order valence-corrected chi connectivity index (χ4v) is 5.20. The van der Waals surface area contributed by atoms with E-state index in [1.807, 2.05) is 0 Å². The molecule has 2 N–H and O–H groups in total. The van der Waals surface area contributed by atoms with E-state index in [0.717, 1.165) is 19.3 Å². The molecule has 0 unspecified atom stereocenters. The van der Waals surface area contributed by atoms with Crippen molar-refractivity contribution >= 4 is 31.4 Å². The van der Waals surface area contributed by atoms with Crippen molar-refractivity contribution in [3.05, 3.63) is 0 Å². The highest BCUT2D eigenvalue weighted by Gasteiger charge is 2.47. The first-order valence-corrected chi connectivity index (χ1v) is 13.7. The Kier molecular flexibility index (Phi) is 16.1. The maximum absolute atomic E-state index is 12.3. The van der Waals surface area contributed by atoms with Gasteiger partial charge in [0, 0.05) is 6.42 Å². The lowest BCUT2D eigenvalue weighted by atomic mass is 10.0. The maximum atomic E-state index is 12.3. The quantitative estimate of drug-likeness (QED) is 0.252. The van der Waals surface area contributed by atoms with Crippen molar-refractivity contribution in [2.24, 2.45) is 5.73 Å². The minimum Gasteiger partial charge on any atom is -0.580 e. The van der Waals surface area contributed by atoms with Gasteiger partial charge in [-0.2, -0.15) is 0 Å². The average molecular weight is 440 g/mol. The largest absolute Gasteiger partial charge is 0.945 e. The van der Waals surface area contributed by atoms with Crippen LogP contribution in [0.5, 0.6) is 0 Å². The summed E-state index contributed by atoms with van der Waals surface area (Å²) in [5.41, 5.74) is 5.64. The van der Waals surface area contributed by atoms with Crippen LogP contribution in [0.15, 0.2) is 0 Å². The van der Waals surface area contributed by atoms with E-state index in [9.17, 15) is 14.4 Å². The molecule has 172 valence electrons. The van der Waals surface area contributed by atoms with E-state index < -0.39 is 32.8 Å². The van der Waals surface area contributed by atoms with Crippen molar-refractivity contribution in [3.63, 3.8) is 0 Å². The average Bonchev–Trinajstić information content (AvgIpc) is 2.73. The molecule has 1 heterocycles. The first-order valence-electron chi connectivity index (χ1n) is 12.2. The van der Waals surface area contributed by atoms with Gasteiger partial charge in [0.05, 0.1) is 0 Å². The van der Waals surface area contributed by atoms with Crippen molar-refractivity contribution in [2.45, 2.75) is 129 Å². The van der Waals surface area contributed by atoms with Crippen molar-refractivity contribution in [2.75, 3.05) is 0 Å². The summed E-state index contributed by atoms with van der Waals surface area (Å²) in [6.45, 7) is 2.26. The van der Waals surface area contributed by atoms with Gasteiger partial charge in [-0.1, -0.05) is 96.8 Å². The number of nitrogens with two attached hydrogens (primary N) is 1. The van der Waals surface area contributed by atoms with Crippen molar-refractivity contribution in [3.8, 4) is 0 Å². The Labute approximate surface area is 187 Å². The zero-order chi connectivity index (χ0) is 22.0. The molecular weight excluding hydrogens is 397 g/mol. The molecule has 1 fully saturated rings. The van der Waals surface area contributed by atoms with Crippen LogP contribution in [0.4, 0.5) is 0 Å². The van der Waals surface area contributed by atoms with Crippen LogP contribution in [0.2, 0.25) is 0 Å². The zero-order valence-corrected chi connectivity index (χ0v) is 20.2. The van der Waals surface area contributed by atoms with Crippen LogP contribution in [0.1, 0.15) is 122 Å². The number of rotatable bonds is 17. The number of carbonyl (C=O) groups is 3. The number of carbonyl (C=O) groups excluding carboxylic acids is 3. The summed E-state index contributed by atoms with van der Waals surface area (Å²) in [6, 6.07) is -0.841. The van der Waals surface area contributed by atoms with Crippen molar-refractivity contribution in [1.82, 2.24) is 0 Å². The third-order valence-electron chi connectivity index (χ3n) is 5.71. The highest BCUT2D eigenvalue weighted by Crippen LogP contribution is 2.15. The fraction of sp³-hybridized carbons (Fsp3) is 0.870. The lowest BCUT2D eigenvalue weighted by molar-refractivity contribution is -0.146. The van der Waals surface area contributed by atoms with Gasteiger partial charge in [-0.25, -0.2) is 0 Å². The Morgan fingerprint density at radius 1 is 0.833 bits per heavy atom. The highest BCUT2D eigenvalue weighted by atomic mass is 27.2. The highest BCUT2D eigenvalue weighted by molar-refractivity contribution is 6.82. The molecule has 0 aromatic carbocycles. The van der Waals surface area contributed by atoms with Gasteiger partial charge >= 0.3 is 14.8 Å². The molecule has 0 amide bonds. The van der Waals surface area contributed by atoms with Gasteiger partial charge in [-0.05, 0) is 19.3 Å². The monoisotopic (exact) mass is 439 g/mol. The van der Waals surface area contributed by atoms with Crippen LogP contribution in [0.3, 0.4) is 0 Å². The molecule has 0 spiro atoms. The van der Waals surface area contributed by atoms with E-state index in [1.165, 1.54) is 77.0 Å². The molecule has 0 radical (unpaired) electrons. The molecule has 30 heavy (non-hydrogen) atoms. The SMILES string of the molecule is CCCCCCCCCCCCCCCCC[C](=O)[Al]1[O]C(=O)CC[C@H](N)C(=O)[O]1. The summed E-state index contributed by atoms with van der Waals surface area (Å²) in [5.74, 6) is -1.11. The predicted molar refractivity (Wildman–Crippen MR) is 120 cm³/mol. The Hall–Kier alpha value is -0.898. The normalized spacial score (nSPS) is 17.3. The Balaban J connectivity index is 1.96. The molecule has 0 aliphatic carbocycles. The van der Waals surface area contributed by atoms with Gasteiger partial charge in [-0.3, -0.25) is 9.59 Å². The smallest absolute Gasteiger partial charge is 0.580 e. The third kappa shape index (κ3) is 13.4. The van der Waals surface area contributed by atoms with Gasteiger partial charge in [0.25, 0.3) is 11.9 Å². The van der Waals surface area contributed by atoms with E-state index in [1.54, 1.807) is 0 Å². The first-order chi connectivity index (χ1) is 14.5. The predicted octanol–water partition coefficient (Wildman–Crippen LogP) is 5.05. The van der Waals surface area contributed by atoms with E-state index in [-0.39, 0.29) is 17.5 Å². The van der Waals surface area contributed by atoms with E-state index in [2.05, 4.69) is 6.92 Å². The minimum absolute atomic E-state index is 0.0615. The van der Waals surface area contributed by atoms with Gasteiger partial charge in [-0.15, -0.1) is 0 Å². The Bertz CT molecular complexity index is 500. The summed E-state index contributed by atoms with van der Waals surface area (Å²) < 4.78 is 9.97. The Morgan fingerprint density at radius 3 is 1.80 bits per heavy atom. The Morgan fingerprint density at radius 2 is 1.30 bits per heavy atom. The van der Waals surface area contributed by atoms with Crippen LogP contribution in [0, 0.1) is 0 Å². The maximum Gasteiger partial charge on any atom is 0.945 e. The number of unbranched alkanes of at least 4 members (excludes halogenated alkanes) is 14. The minimum atomic E-state index is -2.96. The molecule has 0 aromatic rings. The van der Waals surface area contributed by atoms with Gasteiger partial charge < -0.3 is 18.1 Å². The van der Waals surface area contributed by atoms with Crippen LogP contribution in [-0.4, -0.2) is 37.4 Å². The van der Waals surface area contributed by atoms with Gasteiger partial charge in [0.2, 0.25) is 0 Å². The fourth-order valence-electron chi connectivity index (χ4n) is 3.71. The topological polar surface area (TPSA) is 95.7 Å². The van der Waals surface area contributed by atoms with Crippen LogP contribution >= 0.6 is 0 Å². The molecule has 7 heteroatoms. The summed E-state index contributed by atoms with van der Waals surface area (Å²) in [4.78, 5) is 35.6. The summed E-state index contributed by atoms with van der Waals surface area (Å²) in [5, 5.41) is 0. The van der Waals surface area contributed by atoms with Crippen LogP contribution in [-0.2, 0) is 22.0 Å². The molecule has 1 aliphatic rings. The zero-order valence-electron chi connectivity index (χ0n) is 19.0. The summed E-state index contributed by atoms with van der Waals surface area (Å²) in [6.07, 6.45) is 19.5. The molecule has 1 aliphatic heterocycles. The lowest BCUT2D eigenvalue weighted by Gasteiger charge is -2.19. The van der Waals surface area contributed by atoms with Crippen molar-refractivity contribution in [1.29, 1.82) is 0 Å². The van der Waals surface area contributed by atoms with Gasteiger partial charge in [0.1, 0.15) is 6.04 Å². The molecule has 0 bridgehead atoms. The first kappa shape index (κ1) is 27.1. The summed E-state index contributed by atoms with van der Waals surface area (Å²) >= 11 is -2.96. The molecule has 1 atom stereocenters. The van der Waals surface area contributed by atoms with Crippen LogP contribution < -0.4 is 5.73 Å². The third-order valence-corrected chi connectivity index (χ3v) is 7.45. The summed E-state index contributed by atoms with van der Waals surface area (Å²) in [7, 11) is 0. The van der Waals surface area contributed by atoms with E-state index >= 15 is 0 Å². The molecule has 1 saturated heterocycles. The molecule has 0 saturated carbocycles. The van der Waals surface area contributed by atoms with Crippen molar-refractivity contribution < 1.29 is 22.0 Å². The second-order valence-electron chi connectivity index (χ2n) is 8.57. The number of hydrogen-bond acceptors (Lipinski definition) is 6. The lowest BCUT2D eigenvalue weighted by Crippen LogP contribution is -2.45. The molecule has 6 nitrogen and oxygen atoms in total. The van der Waals surface area contributed by atoms with E-state index in [0.29, 0.717) is 6.42 Å². The van der Waals surface area contributed by atoms with Crippen LogP contribution in [0.25, 0.3) is 0 Å². The van der Waals surface area contributed by atoms with E-state index in [4.69, 9.17) is 13.3 Å². The second kappa shape index (κ2) is 17.7. The molecule has 1 rings (SSSR count). The second-order valence-corrected chi connectivity index (χ2v) is 10.3. The number of hydrogen-bond donors (Lipinski definition) is 1. The molecular formula is C23H42AlNO5. The molecule has 0 aromatic heterocycles. The van der Waals surface area contributed by atoms with Gasteiger partial charge in [0.15, 0.2) is 4.65 Å². The standard InChI is InChI=1S/C18H35O.C5H9NO4.Al/c1-2-3-4-5-6-7-8-9-10-11-12-13-14-15-16-17-18-19;6-3(5(9)10)1-2-4(7)8;/h2-17H2,1H3;3H,1-2,6H2,(H,7,8)(H,9,10);/q;;+2/p-2/t;3-;/m.0./s1.